The van der Waals surface area contributed by atoms with Gasteiger partial charge in [-0.05, 0) is 36.4 Å². The first kappa shape index (κ1) is 26.4. The van der Waals surface area contributed by atoms with E-state index >= 15 is 0 Å². The van der Waals surface area contributed by atoms with Gasteiger partial charge in [-0.1, -0.05) is 30.3 Å². The maximum Gasteiger partial charge on any atom is 0.289 e. The molecule has 0 saturated carbocycles. The number of nitrogens with two attached hydrogens (primary N) is 1. The van der Waals surface area contributed by atoms with E-state index in [0.29, 0.717) is 64.2 Å². The Labute approximate surface area is 240 Å². The van der Waals surface area contributed by atoms with E-state index in [-0.39, 0.29) is 11.8 Å². The molecule has 2 N–H and O–H groups in total. The summed E-state index contributed by atoms with van der Waals surface area (Å²) in [5, 5.41) is 0.691. The second-order valence-electron chi connectivity index (χ2n) is 9.57. The molecule has 1 aliphatic heterocycles. The van der Waals surface area contributed by atoms with Gasteiger partial charge in [0.15, 0.2) is 5.76 Å². The summed E-state index contributed by atoms with van der Waals surface area (Å²) in [6.45, 7) is 1.58. The molecule has 41 heavy (non-hydrogen) atoms. The molecule has 2 amide bonds. The monoisotopic (exact) mass is 568 g/mol. The number of hydrogen-bond acceptors (Lipinski definition) is 8. The molecule has 5 aromatic rings. The molecule has 1 fully saturated rings. The van der Waals surface area contributed by atoms with Crippen molar-refractivity contribution in [2.24, 2.45) is 0 Å². The molecular formula is C31H28N4O5S. The van der Waals surface area contributed by atoms with Crippen LogP contribution in [0.25, 0.3) is 32.6 Å². The third-order valence-corrected chi connectivity index (χ3v) is 8.33. The maximum absolute atomic E-state index is 13.8. The second-order valence-corrected chi connectivity index (χ2v) is 10.6. The van der Waals surface area contributed by atoms with Crippen molar-refractivity contribution in [1.29, 1.82) is 0 Å². The lowest BCUT2D eigenvalue weighted by molar-refractivity contribution is 0.0521. The van der Waals surface area contributed by atoms with Gasteiger partial charge in [0.05, 0.1) is 31.9 Å². The Hall–Kier alpha value is -4.83. The van der Waals surface area contributed by atoms with Crippen LogP contribution in [0, 0.1) is 0 Å². The number of furan rings is 1. The van der Waals surface area contributed by atoms with Crippen molar-refractivity contribution < 1.29 is 23.5 Å². The predicted octanol–water partition coefficient (Wildman–Crippen LogP) is 5.42. The molecule has 208 valence electrons. The Morgan fingerprint density at radius 1 is 0.878 bits per heavy atom. The molecule has 0 unspecified atom stereocenters. The number of rotatable bonds is 6. The van der Waals surface area contributed by atoms with Crippen molar-refractivity contribution in [2.75, 3.05) is 46.1 Å². The number of benzene rings is 2. The average Bonchev–Trinajstić information content (AvgIpc) is 3.68. The van der Waals surface area contributed by atoms with Gasteiger partial charge in [0.1, 0.15) is 21.2 Å². The Morgan fingerprint density at radius 3 is 2.27 bits per heavy atom. The Balaban J connectivity index is 1.40. The van der Waals surface area contributed by atoms with Crippen molar-refractivity contribution in [2.45, 2.75) is 0 Å². The summed E-state index contributed by atoms with van der Waals surface area (Å²) in [6, 6.07) is 20.7. The van der Waals surface area contributed by atoms with E-state index in [9.17, 15) is 9.59 Å². The van der Waals surface area contributed by atoms with Gasteiger partial charge < -0.3 is 29.4 Å². The minimum atomic E-state index is -0.182. The lowest BCUT2D eigenvalue weighted by Gasteiger charge is -2.34. The van der Waals surface area contributed by atoms with E-state index in [1.807, 2.05) is 54.6 Å². The van der Waals surface area contributed by atoms with Crippen LogP contribution >= 0.6 is 11.3 Å². The number of carbonyl (C=O) groups excluding carboxylic acids is 2. The van der Waals surface area contributed by atoms with Gasteiger partial charge in [-0.2, -0.15) is 0 Å². The second kappa shape index (κ2) is 11.0. The van der Waals surface area contributed by atoms with E-state index in [2.05, 4.69) is 0 Å². The normalized spacial score (nSPS) is 13.4. The topological polar surface area (TPSA) is 111 Å². The van der Waals surface area contributed by atoms with Crippen molar-refractivity contribution in [1.82, 2.24) is 14.8 Å². The van der Waals surface area contributed by atoms with Crippen molar-refractivity contribution >= 4 is 39.1 Å². The van der Waals surface area contributed by atoms with Crippen LogP contribution in [0.2, 0.25) is 0 Å². The molecule has 0 atom stereocenters. The lowest BCUT2D eigenvalue weighted by Crippen LogP contribution is -2.50. The van der Waals surface area contributed by atoms with E-state index in [0.717, 1.165) is 22.4 Å². The Morgan fingerprint density at radius 2 is 1.61 bits per heavy atom. The van der Waals surface area contributed by atoms with E-state index < -0.39 is 0 Å². The summed E-state index contributed by atoms with van der Waals surface area (Å²) in [5.41, 5.74) is 10.4. The number of amides is 2. The summed E-state index contributed by atoms with van der Waals surface area (Å²) in [4.78, 5) is 35.9. The SMILES string of the molecule is COc1ccc(OC)c(-c2cc(-c3ccccc3)nc3sc(C(=O)N4CCN(C(=O)c5ccco5)CC4)c(N)c23)c1. The van der Waals surface area contributed by atoms with Crippen LogP contribution in [-0.4, -0.2) is 67.0 Å². The zero-order valence-electron chi connectivity index (χ0n) is 22.6. The quantitative estimate of drug-likeness (QED) is 0.291. The summed E-state index contributed by atoms with van der Waals surface area (Å²) in [6.07, 6.45) is 1.48. The zero-order chi connectivity index (χ0) is 28.5. The van der Waals surface area contributed by atoms with Crippen LogP contribution in [0.4, 0.5) is 5.69 Å². The molecule has 9 nitrogen and oxygen atoms in total. The Bertz CT molecular complexity index is 1720. The molecule has 3 aromatic heterocycles. The van der Waals surface area contributed by atoms with Gasteiger partial charge in [0, 0.05) is 48.3 Å². The molecule has 0 spiro atoms. The molecule has 2 aromatic carbocycles. The standard InChI is InChI=1S/C31H28N4O5S/c1-38-20-10-11-24(39-2)21(17-20)22-18-23(19-7-4-3-5-8-19)33-29-26(22)27(32)28(41-29)31(37)35-14-12-34(13-15-35)30(36)25-9-6-16-40-25/h3-11,16-18H,12-15,32H2,1-2H3. The number of nitrogen functional groups attached to an aromatic ring is 1. The molecule has 10 heteroatoms. The fraction of sp³-hybridized carbons (Fsp3) is 0.194. The summed E-state index contributed by atoms with van der Waals surface area (Å²) >= 11 is 1.28. The molecule has 0 aliphatic carbocycles. The molecule has 6 rings (SSSR count). The molecule has 4 heterocycles. The third-order valence-electron chi connectivity index (χ3n) is 7.25. The number of ether oxygens (including phenoxy) is 2. The maximum atomic E-state index is 13.8. The number of fused-ring (bicyclic) bond motifs is 1. The largest absolute Gasteiger partial charge is 0.497 e. The van der Waals surface area contributed by atoms with E-state index in [1.54, 1.807) is 36.2 Å². The number of anilines is 1. The number of carbonyl (C=O) groups is 2. The summed E-state index contributed by atoms with van der Waals surface area (Å²) < 4.78 is 16.5. The third kappa shape index (κ3) is 4.87. The first-order chi connectivity index (χ1) is 20.0. The minimum absolute atomic E-state index is 0.180. The van der Waals surface area contributed by atoms with E-state index in [1.165, 1.54) is 17.6 Å². The predicted molar refractivity (Wildman–Crippen MR) is 159 cm³/mol. The highest BCUT2D eigenvalue weighted by Crippen LogP contribution is 2.45. The van der Waals surface area contributed by atoms with Crippen LogP contribution in [0.5, 0.6) is 11.5 Å². The van der Waals surface area contributed by atoms with Crippen LogP contribution in [0.3, 0.4) is 0 Å². The lowest BCUT2D eigenvalue weighted by atomic mass is 9.98. The first-order valence-electron chi connectivity index (χ1n) is 13.1. The first-order valence-corrected chi connectivity index (χ1v) is 13.9. The van der Waals surface area contributed by atoms with Crippen LogP contribution in [0.15, 0.2) is 77.4 Å². The average molecular weight is 569 g/mol. The van der Waals surface area contributed by atoms with Gasteiger partial charge in [-0.25, -0.2) is 4.98 Å². The fourth-order valence-corrected chi connectivity index (χ4v) is 6.17. The van der Waals surface area contributed by atoms with Crippen molar-refractivity contribution in [3.8, 4) is 33.9 Å². The number of methoxy groups -OCH3 is 2. The van der Waals surface area contributed by atoms with Gasteiger partial charge in [0.25, 0.3) is 11.8 Å². The number of nitrogens with zero attached hydrogens (tertiary/aromatic N) is 3. The van der Waals surface area contributed by atoms with E-state index in [4.69, 9.17) is 24.6 Å². The highest BCUT2D eigenvalue weighted by Gasteiger charge is 2.30. The minimum Gasteiger partial charge on any atom is -0.497 e. The molecule has 1 saturated heterocycles. The van der Waals surface area contributed by atoms with Crippen LogP contribution < -0.4 is 15.2 Å². The highest BCUT2D eigenvalue weighted by atomic mass is 32.1. The van der Waals surface area contributed by atoms with Crippen molar-refractivity contribution in [3.05, 3.63) is 83.6 Å². The van der Waals surface area contributed by atoms with Gasteiger partial charge in [-0.15, -0.1) is 11.3 Å². The highest BCUT2D eigenvalue weighted by molar-refractivity contribution is 7.21. The number of pyridine rings is 1. The molecule has 0 bridgehead atoms. The van der Waals surface area contributed by atoms with Gasteiger partial charge in [-0.3, -0.25) is 9.59 Å². The van der Waals surface area contributed by atoms with Crippen LogP contribution in [0.1, 0.15) is 20.2 Å². The zero-order valence-corrected chi connectivity index (χ0v) is 23.4. The van der Waals surface area contributed by atoms with Crippen molar-refractivity contribution in [3.63, 3.8) is 0 Å². The summed E-state index contributed by atoms with van der Waals surface area (Å²) in [7, 11) is 3.23. The molecular weight excluding hydrogens is 540 g/mol. The number of thiophene rings is 1. The number of aromatic nitrogens is 1. The smallest absolute Gasteiger partial charge is 0.289 e. The fourth-order valence-electron chi connectivity index (χ4n) is 5.09. The number of piperazine rings is 1. The summed E-state index contributed by atoms with van der Waals surface area (Å²) in [5.74, 6) is 1.24. The Kier molecular flexibility index (Phi) is 7.07. The molecule has 1 aliphatic rings. The van der Waals surface area contributed by atoms with Gasteiger partial charge >= 0.3 is 0 Å². The van der Waals surface area contributed by atoms with Gasteiger partial charge in [0.2, 0.25) is 0 Å². The number of hydrogen-bond donors (Lipinski definition) is 1. The molecule has 0 radical (unpaired) electrons. The van der Waals surface area contributed by atoms with Crippen LogP contribution in [-0.2, 0) is 0 Å².